The topological polar surface area (TPSA) is 350 Å². The van der Waals surface area contributed by atoms with Crippen LogP contribution < -0.4 is 99.3 Å². The molecular weight excluding hydrogens is 1730 g/mol. The molecule has 7 heterocycles. The van der Waals surface area contributed by atoms with E-state index in [0.29, 0.717) is 117 Å². The van der Waals surface area contributed by atoms with Crippen molar-refractivity contribution in [2.24, 2.45) is 0 Å². The Morgan fingerprint density at radius 1 is 0.290 bits per heavy atom. The van der Waals surface area contributed by atoms with Crippen LogP contribution in [0.4, 0.5) is 17.6 Å². The molecule has 0 unspecified atom stereocenters. The van der Waals surface area contributed by atoms with Crippen molar-refractivity contribution in [1.29, 1.82) is 0 Å². The Labute approximate surface area is 760 Å². The molecule has 7 aromatic heterocycles. The number of pyridine rings is 7. The highest BCUT2D eigenvalue weighted by Crippen LogP contribution is 2.40. The van der Waals surface area contributed by atoms with Gasteiger partial charge >= 0.3 is 0 Å². The molecule has 7 aromatic carbocycles. The Hall–Kier alpha value is -13.4. The summed E-state index contributed by atoms with van der Waals surface area (Å²) in [5.74, 6) is 2.75. The fraction of sp³-hybridized carbons (Fsp3) is 0.357. The van der Waals surface area contributed by atoms with Crippen LogP contribution in [0.1, 0.15) is 134 Å². The summed E-state index contributed by atoms with van der Waals surface area (Å²) in [7, 11) is 5.62. The standard InChI is InChI=1S/C19H29NO3Si.C14H17NO4.C14H17NO3.C13H14ClNO3.C13H14FNO3.C13H14FNO2.C12H11F2NO2/c1-12(2)22-17-11-15(21)14-9-10-16(13(3)18(14)20-17)23-24(7,8)19(4,5)6;1-8(2)19-12-7-10(16)9-5-6-11(17-3)14(18-4)13(9)15-12;1-8(2)18-13-7-11(16)10-5-6-12(17-4)9(3)14(10)15-13;2*1-7(2)18-11-6-10(16)8-4-5-9(14)13(17-3)12(8)15-11;1-7(2)17-12-6-11(16)9-4-5-10(14)8(3)13(9)15-12;1-6(2)17-10-5-9(16)7-3-4-8(13)11(14)12(7)15-10/h9-12H,1-8H3,(H,20,21);5-8H,1-4H3,(H,15,16);5-8H,1-4H3,(H,15,16);2*4-7H,1-3H3,(H,15,16);4-7H,1-3H3,(H,15,16);3-6H,1-2H3,(H,15,16). The highest BCUT2D eigenvalue weighted by Gasteiger charge is 2.39. The van der Waals surface area contributed by atoms with Crippen LogP contribution in [0, 0.1) is 44.0 Å². The summed E-state index contributed by atoms with van der Waals surface area (Å²) < 4.78 is 124. The van der Waals surface area contributed by atoms with Crippen LogP contribution in [0.2, 0.25) is 23.2 Å². The summed E-state index contributed by atoms with van der Waals surface area (Å²) in [5, 5.41) is 3.85. The zero-order valence-electron chi connectivity index (χ0n) is 78.7. The van der Waals surface area contributed by atoms with Crippen LogP contribution >= 0.6 is 11.6 Å². The molecule has 0 saturated carbocycles. The van der Waals surface area contributed by atoms with Gasteiger partial charge in [-0.25, -0.2) is 17.6 Å². The fourth-order valence-corrected chi connectivity index (χ4v) is 14.3. The van der Waals surface area contributed by atoms with E-state index in [9.17, 15) is 51.1 Å². The van der Waals surface area contributed by atoms with E-state index in [2.05, 4.69) is 68.8 Å². The highest BCUT2D eigenvalue weighted by atomic mass is 35.5. The number of hydrogen-bond donors (Lipinski definition) is 7. The van der Waals surface area contributed by atoms with Crippen molar-refractivity contribution in [3.8, 4) is 75.7 Å². The quantitative estimate of drug-likeness (QED) is 0.0259. The first-order valence-corrected chi connectivity index (χ1v) is 45.5. The Balaban J connectivity index is 0.000000189. The van der Waals surface area contributed by atoms with Gasteiger partial charge in [0.05, 0.1) is 122 Å². The number of aromatic nitrogens is 7. The molecular formula is C98H116ClF4N7O20Si. The lowest BCUT2D eigenvalue weighted by Gasteiger charge is -2.37. The van der Waals surface area contributed by atoms with E-state index in [4.69, 9.17) is 72.9 Å². The summed E-state index contributed by atoms with van der Waals surface area (Å²) in [4.78, 5) is 105. The maximum atomic E-state index is 13.6. The number of aromatic amines is 7. The number of ether oxygens (including phenoxy) is 12. The summed E-state index contributed by atoms with van der Waals surface area (Å²) in [5.41, 5.74) is 4.42. The lowest BCUT2D eigenvalue weighted by molar-refractivity contribution is 0.232. The molecule has 0 bridgehead atoms. The predicted molar refractivity (Wildman–Crippen MR) is 512 cm³/mol. The number of H-pyrrole nitrogens is 7. The number of aryl methyl sites for hydroxylation is 3. The zero-order chi connectivity index (χ0) is 97.3. The van der Waals surface area contributed by atoms with Crippen molar-refractivity contribution in [3.05, 3.63) is 244 Å². The van der Waals surface area contributed by atoms with Crippen LogP contribution in [-0.2, 0) is 0 Å². The predicted octanol–water partition coefficient (Wildman–Crippen LogP) is 20.8. The number of benzene rings is 7. The summed E-state index contributed by atoms with van der Waals surface area (Å²) in [6, 6.07) is 31.4. The van der Waals surface area contributed by atoms with Gasteiger partial charge in [-0.1, -0.05) is 32.4 Å². The monoisotopic (exact) mass is 1850 g/mol. The molecule has 0 fully saturated rings. The maximum absolute atomic E-state index is 13.6. The SMILES string of the molecule is CC(C)Oc1cc(=O)c2ccc(F)c(F)c2[nH]1.COc1c(Cl)ccc2c(=O)cc(OC(C)C)[nH]c12.COc1c(F)ccc2c(=O)cc(OC(C)C)[nH]c12.COc1ccc2c(=O)cc(OC(C)C)[nH]c2c1C.COc1ccc2c(=O)cc(OC(C)C)[nH]c2c1OC.Cc1c(F)ccc2c(=O)cc(OC(C)C)[nH]c12.Cc1c(O[Si](C)(C)C(C)(C)C)ccc2c(=O)cc(OC(C)C)[nH]c12. The van der Waals surface area contributed by atoms with Crippen molar-refractivity contribution < 1.29 is 78.8 Å². The van der Waals surface area contributed by atoms with Crippen LogP contribution in [-0.4, -0.2) is 121 Å². The van der Waals surface area contributed by atoms with E-state index < -0.39 is 31.2 Å². The Bertz CT molecular complexity index is 6650. The first-order chi connectivity index (χ1) is 61.5. The van der Waals surface area contributed by atoms with Crippen molar-refractivity contribution >= 4 is 96.2 Å². The van der Waals surface area contributed by atoms with Crippen LogP contribution in [0.15, 0.2) is 161 Å². The first kappa shape index (κ1) is 103. The van der Waals surface area contributed by atoms with Gasteiger partial charge in [-0.15, -0.1) is 0 Å². The van der Waals surface area contributed by atoms with Gasteiger partial charge in [-0.3, -0.25) is 33.6 Å². The number of fused-ring (bicyclic) bond motifs is 7. The summed E-state index contributed by atoms with van der Waals surface area (Å²) in [6.07, 6.45) is -0.323. The van der Waals surface area contributed by atoms with Gasteiger partial charge in [0, 0.05) is 96.9 Å². The number of methoxy groups -OCH3 is 5. The van der Waals surface area contributed by atoms with Gasteiger partial charge < -0.3 is 96.2 Å². The largest absolute Gasteiger partial charge is 0.543 e. The van der Waals surface area contributed by atoms with Gasteiger partial charge in [0.25, 0.3) is 0 Å². The fourth-order valence-electron chi connectivity index (χ4n) is 13.0. The molecule has 131 heavy (non-hydrogen) atoms. The van der Waals surface area contributed by atoms with E-state index in [0.717, 1.165) is 39.7 Å². The molecule has 0 aliphatic heterocycles. The summed E-state index contributed by atoms with van der Waals surface area (Å²) >= 11 is 6.03. The van der Waals surface area contributed by atoms with Gasteiger partial charge in [-0.2, -0.15) is 0 Å². The molecule has 0 atom stereocenters. The van der Waals surface area contributed by atoms with E-state index in [1.807, 2.05) is 109 Å². The van der Waals surface area contributed by atoms with E-state index in [1.165, 1.54) is 94.1 Å². The van der Waals surface area contributed by atoms with Gasteiger partial charge in [0.1, 0.15) is 17.3 Å². The molecule has 0 aliphatic carbocycles. The maximum Gasteiger partial charge on any atom is 0.250 e. The molecule has 0 radical (unpaired) electrons. The molecule has 33 heteroatoms. The third-order valence-electron chi connectivity index (χ3n) is 19.9. The minimum atomic E-state index is -1.94. The first-order valence-electron chi connectivity index (χ1n) is 42.2. The van der Waals surface area contributed by atoms with Crippen LogP contribution in [0.3, 0.4) is 0 Å². The number of hydrogen-bond acceptors (Lipinski definition) is 20. The number of rotatable bonds is 21. The molecule has 0 amide bonds. The molecule has 702 valence electrons. The van der Waals surface area contributed by atoms with Crippen molar-refractivity contribution in [3.63, 3.8) is 0 Å². The second-order valence-electron chi connectivity index (χ2n) is 33.5. The van der Waals surface area contributed by atoms with Crippen LogP contribution in [0.25, 0.3) is 76.3 Å². The van der Waals surface area contributed by atoms with E-state index >= 15 is 0 Å². The minimum Gasteiger partial charge on any atom is -0.543 e. The molecule has 0 saturated heterocycles. The highest BCUT2D eigenvalue weighted by molar-refractivity contribution is 6.74. The van der Waals surface area contributed by atoms with Crippen LogP contribution in [0.5, 0.6) is 75.7 Å². The van der Waals surface area contributed by atoms with Crippen molar-refractivity contribution in [1.82, 2.24) is 34.9 Å². The molecule has 14 aromatic rings. The second kappa shape index (κ2) is 44.8. The minimum absolute atomic E-state index is 0.00469. The number of nitrogens with one attached hydrogen (secondary N) is 7. The lowest BCUT2D eigenvalue weighted by atomic mass is 10.1. The van der Waals surface area contributed by atoms with E-state index in [-0.39, 0.29) is 109 Å². The van der Waals surface area contributed by atoms with Gasteiger partial charge in [0.2, 0.25) is 8.32 Å². The van der Waals surface area contributed by atoms with Gasteiger partial charge in [-0.05, 0) is 221 Å². The van der Waals surface area contributed by atoms with E-state index in [1.54, 1.807) is 71.4 Å². The third kappa shape index (κ3) is 26.3. The molecule has 0 spiro atoms. The third-order valence-corrected chi connectivity index (χ3v) is 24.5. The normalized spacial score (nSPS) is 11.3. The molecule has 7 N–H and O–H groups in total. The molecule has 27 nitrogen and oxygen atoms in total. The average molecular weight is 1850 g/mol. The van der Waals surface area contributed by atoms with Crippen molar-refractivity contribution in [2.45, 2.75) is 199 Å². The second-order valence-corrected chi connectivity index (χ2v) is 38.7. The van der Waals surface area contributed by atoms with Gasteiger partial charge in [0.15, 0.2) is 120 Å². The zero-order valence-corrected chi connectivity index (χ0v) is 80.5. The number of halogens is 5. The lowest BCUT2D eigenvalue weighted by Crippen LogP contribution is -2.44. The van der Waals surface area contributed by atoms with Crippen molar-refractivity contribution in [2.75, 3.05) is 35.5 Å². The summed E-state index contributed by atoms with van der Waals surface area (Å²) in [6.45, 7) is 42.8. The molecule has 14 rings (SSSR count). The molecule has 0 aliphatic rings. The average Bonchev–Trinajstić information content (AvgIpc) is 0.788. The Morgan fingerprint density at radius 3 is 0.855 bits per heavy atom. The Kier molecular flexibility index (Phi) is 35.2. The Morgan fingerprint density at radius 2 is 0.534 bits per heavy atom. The smallest absolute Gasteiger partial charge is 0.250 e.